The molecule has 1 unspecified atom stereocenters. The van der Waals surface area contributed by atoms with E-state index in [1.807, 2.05) is 4.90 Å². The fourth-order valence-electron chi connectivity index (χ4n) is 3.92. The van der Waals surface area contributed by atoms with Crippen LogP contribution in [0.4, 0.5) is 0 Å². The van der Waals surface area contributed by atoms with Gasteiger partial charge in [0.2, 0.25) is 0 Å². The smallest absolute Gasteiger partial charge is 0.256 e. The van der Waals surface area contributed by atoms with E-state index in [4.69, 9.17) is 23.2 Å². The van der Waals surface area contributed by atoms with Crippen LogP contribution in [0, 0.1) is 5.92 Å². The largest absolute Gasteiger partial charge is 0.339 e. The summed E-state index contributed by atoms with van der Waals surface area (Å²) in [5.41, 5.74) is 0.448. The molecule has 1 aromatic heterocycles. The highest BCUT2D eigenvalue weighted by Gasteiger charge is 2.32. The van der Waals surface area contributed by atoms with Gasteiger partial charge in [-0.3, -0.25) is 4.79 Å². The first-order valence-corrected chi connectivity index (χ1v) is 9.12. The molecule has 3 heterocycles. The summed E-state index contributed by atoms with van der Waals surface area (Å²) >= 11 is 11.9. The molecular weight excluding hydrogens is 333 g/mol. The van der Waals surface area contributed by atoms with Crippen LogP contribution in [0.25, 0.3) is 0 Å². The minimum atomic E-state index is -0.0328. The second-order valence-corrected chi connectivity index (χ2v) is 7.45. The molecule has 0 spiro atoms. The first-order valence-electron chi connectivity index (χ1n) is 8.37. The number of nitrogens with zero attached hydrogens (tertiary/aromatic N) is 3. The third-order valence-electron chi connectivity index (χ3n) is 5.25. The monoisotopic (exact) mass is 355 g/mol. The van der Waals surface area contributed by atoms with Gasteiger partial charge in [0.05, 0.1) is 10.6 Å². The number of carbonyl (C=O) groups is 1. The number of halogens is 2. The van der Waals surface area contributed by atoms with E-state index in [-0.39, 0.29) is 5.91 Å². The van der Waals surface area contributed by atoms with Crippen molar-refractivity contribution in [3.05, 3.63) is 28.0 Å². The fraction of sp³-hybridized carbons (Fsp3) is 0.647. The van der Waals surface area contributed by atoms with Crippen LogP contribution in [0.5, 0.6) is 0 Å². The standard InChI is InChI=1S/C17H23Cl2N3O/c1-21-7-3-2-4-15(21)12-5-8-22(9-6-12)17(23)13-11-20-16(19)10-14(13)18/h10-12,15H,2-9H2,1H3. The van der Waals surface area contributed by atoms with Crippen LogP contribution >= 0.6 is 23.2 Å². The Morgan fingerprint density at radius 1 is 1.17 bits per heavy atom. The van der Waals surface area contributed by atoms with E-state index in [0.717, 1.165) is 25.9 Å². The van der Waals surface area contributed by atoms with Crippen LogP contribution in [0.2, 0.25) is 10.2 Å². The normalized spacial score (nSPS) is 24.0. The van der Waals surface area contributed by atoms with E-state index in [9.17, 15) is 4.79 Å². The zero-order chi connectivity index (χ0) is 16.4. The van der Waals surface area contributed by atoms with Crippen molar-refractivity contribution in [2.24, 2.45) is 5.92 Å². The second-order valence-electron chi connectivity index (χ2n) is 6.66. The minimum absolute atomic E-state index is 0.0328. The van der Waals surface area contributed by atoms with Crippen molar-refractivity contribution >= 4 is 29.1 Å². The van der Waals surface area contributed by atoms with Gasteiger partial charge >= 0.3 is 0 Å². The van der Waals surface area contributed by atoms with E-state index >= 15 is 0 Å². The molecule has 2 fully saturated rings. The molecule has 23 heavy (non-hydrogen) atoms. The average Bonchev–Trinajstić information content (AvgIpc) is 2.55. The summed E-state index contributed by atoms with van der Waals surface area (Å²) in [6.45, 7) is 2.80. The average molecular weight is 356 g/mol. The van der Waals surface area contributed by atoms with Crippen molar-refractivity contribution in [3.8, 4) is 0 Å². The van der Waals surface area contributed by atoms with Gasteiger partial charge in [-0.25, -0.2) is 4.98 Å². The molecule has 0 aliphatic carbocycles. The van der Waals surface area contributed by atoms with Crippen LogP contribution in [-0.4, -0.2) is 53.4 Å². The Morgan fingerprint density at radius 3 is 2.57 bits per heavy atom. The van der Waals surface area contributed by atoms with E-state index in [1.165, 1.54) is 38.1 Å². The molecule has 1 atom stereocenters. The summed E-state index contributed by atoms with van der Waals surface area (Å²) in [6, 6.07) is 2.21. The molecule has 0 aromatic carbocycles. The molecule has 4 nitrogen and oxygen atoms in total. The second kappa shape index (κ2) is 7.37. The van der Waals surface area contributed by atoms with Gasteiger partial charge in [-0.15, -0.1) is 0 Å². The minimum Gasteiger partial charge on any atom is -0.339 e. The Morgan fingerprint density at radius 2 is 1.91 bits per heavy atom. The SMILES string of the molecule is CN1CCCCC1C1CCN(C(=O)c2cnc(Cl)cc2Cl)CC1. The molecule has 0 bridgehead atoms. The summed E-state index contributed by atoms with van der Waals surface area (Å²) in [5, 5.41) is 0.690. The molecule has 0 radical (unpaired) electrons. The number of aromatic nitrogens is 1. The molecule has 0 N–H and O–H groups in total. The van der Waals surface area contributed by atoms with Gasteiger partial charge < -0.3 is 9.80 Å². The third kappa shape index (κ3) is 3.81. The maximum absolute atomic E-state index is 12.6. The van der Waals surface area contributed by atoms with Crippen molar-refractivity contribution < 1.29 is 4.79 Å². The Hall–Kier alpha value is -0.840. The molecule has 3 rings (SSSR count). The zero-order valence-corrected chi connectivity index (χ0v) is 15.0. The predicted octanol–water partition coefficient (Wildman–Crippen LogP) is 3.72. The van der Waals surface area contributed by atoms with Crippen molar-refractivity contribution in [2.45, 2.75) is 38.1 Å². The number of pyridine rings is 1. The highest BCUT2D eigenvalue weighted by molar-refractivity contribution is 6.36. The van der Waals surface area contributed by atoms with E-state index in [1.54, 1.807) is 0 Å². The molecule has 2 saturated heterocycles. The lowest BCUT2D eigenvalue weighted by Gasteiger charge is -2.42. The number of hydrogen-bond donors (Lipinski definition) is 0. The molecule has 126 valence electrons. The topological polar surface area (TPSA) is 36.4 Å². The number of likely N-dealkylation sites (tertiary alicyclic amines) is 2. The van der Waals surface area contributed by atoms with Crippen molar-refractivity contribution in [2.75, 3.05) is 26.7 Å². The summed E-state index contributed by atoms with van der Waals surface area (Å²) in [7, 11) is 2.24. The zero-order valence-electron chi connectivity index (χ0n) is 13.5. The van der Waals surface area contributed by atoms with Gasteiger partial charge in [0.25, 0.3) is 5.91 Å². The van der Waals surface area contributed by atoms with Crippen LogP contribution in [0.15, 0.2) is 12.3 Å². The van der Waals surface area contributed by atoms with Crippen molar-refractivity contribution in [1.82, 2.24) is 14.8 Å². The first kappa shape index (κ1) is 17.0. The quantitative estimate of drug-likeness (QED) is 0.758. The molecule has 1 aromatic rings. The third-order valence-corrected chi connectivity index (χ3v) is 5.77. The van der Waals surface area contributed by atoms with Crippen LogP contribution < -0.4 is 0 Å². The molecule has 2 aliphatic rings. The Balaban J connectivity index is 1.61. The predicted molar refractivity (Wildman–Crippen MR) is 93.2 cm³/mol. The Labute approximate surface area is 147 Å². The highest BCUT2D eigenvalue weighted by atomic mass is 35.5. The van der Waals surface area contributed by atoms with Gasteiger partial charge in [0, 0.05) is 25.3 Å². The molecule has 0 saturated carbocycles. The summed E-state index contributed by atoms with van der Waals surface area (Å²) < 4.78 is 0. The van der Waals surface area contributed by atoms with Gasteiger partial charge in [-0.1, -0.05) is 29.6 Å². The van der Waals surface area contributed by atoms with Gasteiger partial charge in [-0.05, 0) is 51.3 Å². The molecule has 1 amide bonds. The number of carbonyl (C=O) groups excluding carboxylic acids is 1. The number of amides is 1. The summed E-state index contributed by atoms with van der Waals surface area (Å²) in [4.78, 5) is 21.0. The number of hydrogen-bond acceptors (Lipinski definition) is 3. The number of piperidine rings is 2. The number of rotatable bonds is 2. The molecule has 2 aliphatic heterocycles. The van der Waals surface area contributed by atoms with Gasteiger partial charge in [0.1, 0.15) is 5.15 Å². The van der Waals surface area contributed by atoms with Crippen LogP contribution in [0.3, 0.4) is 0 Å². The van der Waals surface area contributed by atoms with Crippen molar-refractivity contribution in [3.63, 3.8) is 0 Å². The maximum Gasteiger partial charge on any atom is 0.256 e. The Kier molecular flexibility index (Phi) is 5.45. The summed E-state index contributed by atoms with van der Waals surface area (Å²) in [6.07, 6.45) is 7.56. The van der Waals surface area contributed by atoms with E-state index in [0.29, 0.717) is 27.7 Å². The van der Waals surface area contributed by atoms with Gasteiger partial charge in [-0.2, -0.15) is 0 Å². The highest BCUT2D eigenvalue weighted by Crippen LogP contribution is 2.30. The van der Waals surface area contributed by atoms with Gasteiger partial charge in [0.15, 0.2) is 0 Å². The van der Waals surface area contributed by atoms with E-state index < -0.39 is 0 Å². The summed E-state index contributed by atoms with van der Waals surface area (Å²) in [5.74, 6) is 0.665. The Bertz CT molecular complexity index is 573. The lowest BCUT2D eigenvalue weighted by molar-refractivity contribution is 0.0554. The van der Waals surface area contributed by atoms with Crippen molar-refractivity contribution in [1.29, 1.82) is 0 Å². The van der Waals surface area contributed by atoms with Crippen LogP contribution in [-0.2, 0) is 0 Å². The maximum atomic E-state index is 12.6. The molecule has 6 heteroatoms. The lowest BCUT2D eigenvalue weighted by atomic mass is 9.84. The fourth-order valence-corrected chi connectivity index (χ4v) is 4.37. The van der Waals surface area contributed by atoms with Crippen LogP contribution in [0.1, 0.15) is 42.5 Å². The molecular formula is C17H23Cl2N3O. The first-order chi connectivity index (χ1) is 11.1. The lowest BCUT2D eigenvalue weighted by Crippen LogP contribution is -2.47. The van der Waals surface area contributed by atoms with E-state index in [2.05, 4.69) is 16.9 Å².